The van der Waals surface area contributed by atoms with Crippen LogP contribution in [0.2, 0.25) is 0 Å². The van der Waals surface area contributed by atoms with Crippen LogP contribution in [0.5, 0.6) is 5.88 Å². The maximum Gasteiger partial charge on any atom is 0.270 e. The zero-order valence-corrected chi connectivity index (χ0v) is 19.5. The van der Waals surface area contributed by atoms with Crippen LogP contribution in [0.1, 0.15) is 54.6 Å². The van der Waals surface area contributed by atoms with Gasteiger partial charge in [0.25, 0.3) is 5.91 Å². The Morgan fingerprint density at radius 1 is 1.12 bits per heavy atom. The first-order valence-electron chi connectivity index (χ1n) is 11.2. The first-order valence-corrected chi connectivity index (χ1v) is 12.9. The smallest absolute Gasteiger partial charge is 0.270 e. The minimum Gasteiger partial charge on any atom is -0.477 e. The molecule has 0 aromatic carbocycles. The molecule has 0 spiro atoms. The third-order valence-corrected chi connectivity index (χ3v) is 8.01. The van der Waals surface area contributed by atoms with Gasteiger partial charge in [-0.1, -0.05) is 0 Å². The molecule has 0 aliphatic heterocycles. The van der Waals surface area contributed by atoms with E-state index in [2.05, 4.69) is 30.2 Å². The van der Waals surface area contributed by atoms with Crippen molar-refractivity contribution in [1.82, 2.24) is 30.2 Å². The van der Waals surface area contributed by atoms with Crippen LogP contribution in [0.4, 0.5) is 0 Å². The van der Waals surface area contributed by atoms with Crippen LogP contribution in [-0.2, 0) is 21.1 Å². The van der Waals surface area contributed by atoms with E-state index in [-0.39, 0.29) is 28.4 Å². The lowest BCUT2D eigenvalue weighted by atomic mass is 10.1. The lowest BCUT2D eigenvalue weighted by Crippen LogP contribution is -2.36. The van der Waals surface area contributed by atoms with Crippen LogP contribution in [0.25, 0.3) is 11.3 Å². The topological polar surface area (TPSA) is 137 Å². The normalized spacial score (nSPS) is 16.6. The average molecular weight is 481 g/mol. The molecule has 1 amide bonds. The van der Waals surface area contributed by atoms with Crippen molar-refractivity contribution in [3.63, 3.8) is 0 Å². The number of carbonyl (C=O) groups is 1. The first kappa shape index (κ1) is 22.3. The van der Waals surface area contributed by atoms with Gasteiger partial charge >= 0.3 is 0 Å². The van der Waals surface area contributed by atoms with Gasteiger partial charge in [-0.3, -0.25) is 14.8 Å². The Morgan fingerprint density at radius 2 is 1.94 bits per heavy atom. The largest absolute Gasteiger partial charge is 0.477 e. The summed E-state index contributed by atoms with van der Waals surface area (Å²) >= 11 is 0. The fourth-order valence-corrected chi connectivity index (χ4v) is 5.28. The molecule has 176 valence electrons. The molecule has 2 aliphatic rings. The van der Waals surface area contributed by atoms with E-state index in [0.717, 1.165) is 0 Å². The third-order valence-electron chi connectivity index (χ3n) is 5.86. The van der Waals surface area contributed by atoms with E-state index in [4.69, 9.17) is 4.74 Å². The molecular weight excluding hydrogens is 456 g/mol. The lowest BCUT2D eigenvalue weighted by molar-refractivity contribution is 0.0924. The van der Waals surface area contributed by atoms with Crippen LogP contribution < -0.4 is 10.1 Å². The summed E-state index contributed by atoms with van der Waals surface area (Å²) < 4.78 is 30.0. The number of ether oxygens (including phenoxy) is 1. The summed E-state index contributed by atoms with van der Waals surface area (Å²) in [4.78, 5) is 34.3. The molecule has 3 heterocycles. The Hall–Kier alpha value is -3.47. The highest BCUT2D eigenvalue weighted by atomic mass is 32.2. The van der Waals surface area contributed by atoms with Gasteiger partial charge in [0, 0.05) is 18.0 Å². The third kappa shape index (κ3) is 4.74. The van der Waals surface area contributed by atoms with Crippen molar-refractivity contribution in [3.8, 4) is 17.1 Å². The highest BCUT2D eigenvalue weighted by molar-refractivity contribution is 7.91. The van der Waals surface area contributed by atoms with Gasteiger partial charge in [0.1, 0.15) is 17.3 Å². The molecule has 2 fully saturated rings. The summed E-state index contributed by atoms with van der Waals surface area (Å²) in [5.41, 5.74) is 1.56. The zero-order valence-electron chi connectivity index (χ0n) is 18.6. The molecule has 0 radical (unpaired) electrons. The van der Waals surface area contributed by atoms with Crippen LogP contribution >= 0.6 is 0 Å². The van der Waals surface area contributed by atoms with Crippen molar-refractivity contribution in [2.24, 2.45) is 0 Å². The number of nitrogens with zero attached hydrogens (tertiary/aromatic N) is 5. The second kappa shape index (κ2) is 8.71. The van der Waals surface area contributed by atoms with Gasteiger partial charge in [0.15, 0.2) is 9.84 Å². The van der Waals surface area contributed by atoms with Crippen molar-refractivity contribution in [1.29, 1.82) is 0 Å². The fourth-order valence-electron chi connectivity index (χ4n) is 3.70. The van der Waals surface area contributed by atoms with Gasteiger partial charge in [-0.05, 0) is 50.8 Å². The fraction of sp³-hybridized carbons (Fsp3) is 0.391. The highest BCUT2D eigenvalue weighted by Crippen LogP contribution is 2.44. The van der Waals surface area contributed by atoms with Crippen molar-refractivity contribution in [2.45, 2.75) is 49.1 Å². The van der Waals surface area contributed by atoms with Gasteiger partial charge < -0.3 is 10.1 Å². The van der Waals surface area contributed by atoms with E-state index in [1.54, 1.807) is 36.8 Å². The van der Waals surface area contributed by atoms with Crippen LogP contribution in [0.15, 0.2) is 43.0 Å². The molecule has 0 bridgehead atoms. The highest BCUT2D eigenvalue weighted by Gasteiger charge is 2.47. The minimum atomic E-state index is -3.22. The monoisotopic (exact) mass is 480 g/mol. The van der Waals surface area contributed by atoms with Crippen LogP contribution in [0, 0.1) is 0 Å². The van der Waals surface area contributed by atoms with E-state index >= 15 is 0 Å². The van der Waals surface area contributed by atoms with E-state index < -0.39 is 15.4 Å². The number of hydrogen-bond acceptors (Lipinski definition) is 9. The Morgan fingerprint density at radius 3 is 2.62 bits per heavy atom. The number of carbonyl (C=O) groups excluding carboxylic acids is 1. The molecule has 2 saturated carbocycles. The molecule has 2 aliphatic carbocycles. The molecule has 3 aromatic rings. The standard InChI is InChI=1S/C23H24N6O4S/c1-2-33-21-13-24-12-18(27-21)15-3-6-17(26-11-15)22(30)29-23(8-9-23)19-7-10-25-20(28-19)14-34(31,32)16-4-5-16/h3,6-7,10-13,16H,2,4-5,8-9,14H2,1H3,(H,29,30). The van der Waals surface area contributed by atoms with E-state index in [9.17, 15) is 13.2 Å². The van der Waals surface area contributed by atoms with Crippen molar-refractivity contribution in [3.05, 3.63) is 60.2 Å². The molecule has 11 heteroatoms. The quantitative estimate of drug-likeness (QED) is 0.489. The molecule has 3 aromatic heterocycles. The molecule has 0 unspecified atom stereocenters. The lowest BCUT2D eigenvalue weighted by Gasteiger charge is -2.17. The molecule has 10 nitrogen and oxygen atoms in total. The maximum absolute atomic E-state index is 12.9. The molecule has 1 N–H and O–H groups in total. The number of aromatic nitrogens is 5. The summed E-state index contributed by atoms with van der Waals surface area (Å²) in [5.74, 6) is 0.185. The van der Waals surface area contributed by atoms with Crippen molar-refractivity contribution in [2.75, 3.05) is 6.61 Å². The summed E-state index contributed by atoms with van der Waals surface area (Å²) in [5, 5.41) is 2.75. The first-order chi connectivity index (χ1) is 16.4. The summed E-state index contributed by atoms with van der Waals surface area (Å²) in [7, 11) is -3.22. The Balaban J connectivity index is 1.29. The molecule has 5 rings (SSSR count). The number of nitrogens with one attached hydrogen (secondary N) is 1. The minimum absolute atomic E-state index is 0.175. The Bertz CT molecular complexity index is 1320. The van der Waals surface area contributed by atoms with E-state index in [1.807, 2.05) is 6.92 Å². The van der Waals surface area contributed by atoms with Gasteiger partial charge in [-0.15, -0.1) is 0 Å². The summed E-state index contributed by atoms with van der Waals surface area (Å²) in [6.45, 7) is 2.36. The van der Waals surface area contributed by atoms with E-state index in [0.29, 0.717) is 55.1 Å². The maximum atomic E-state index is 12.9. The van der Waals surface area contributed by atoms with Crippen LogP contribution in [-0.4, -0.2) is 51.1 Å². The van der Waals surface area contributed by atoms with Gasteiger partial charge in [-0.2, -0.15) is 0 Å². The van der Waals surface area contributed by atoms with Crippen molar-refractivity contribution >= 4 is 15.7 Å². The zero-order chi connectivity index (χ0) is 23.8. The summed E-state index contributed by atoms with van der Waals surface area (Å²) in [6.07, 6.45) is 9.10. The van der Waals surface area contributed by atoms with E-state index in [1.165, 1.54) is 6.20 Å². The predicted octanol–water partition coefficient (Wildman–Crippen LogP) is 2.22. The summed E-state index contributed by atoms with van der Waals surface area (Å²) in [6, 6.07) is 5.11. The Kier molecular flexibility index (Phi) is 5.72. The number of sulfone groups is 1. The second-order valence-corrected chi connectivity index (χ2v) is 10.8. The number of hydrogen-bond donors (Lipinski definition) is 1. The Labute approximate surface area is 197 Å². The number of amides is 1. The van der Waals surface area contributed by atoms with Crippen LogP contribution in [0.3, 0.4) is 0 Å². The number of rotatable bonds is 9. The molecule has 34 heavy (non-hydrogen) atoms. The van der Waals surface area contributed by atoms with Crippen molar-refractivity contribution < 1.29 is 17.9 Å². The molecular formula is C23H24N6O4S. The van der Waals surface area contributed by atoms with Gasteiger partial charge in [0.05, 0.1) is 41.2 Å². The molecule has 0 saturated heterocycles. The number of pyridine rings is 1. The SMILES string of the molecule is CCOc1cncc(-c2ccc(C(=O)NC3(c4ccnc(CS(=O)(=O)C5CC5)n4)CC3)nc2)n1. The predicted molar refractivity (Wildman–Crippen MR) is 122 cm³/mol. The van der Waals surface area contributed by atoms with Gasteiger partial charge in [-0.25, -0.2) is 23.4 Å². The average Bonchev–Trinajstić information content (AvgIpc) is 3.74. The van der Waals surface area contributed by atoms with Gasteiger partial charge in [0.2, 0.25) is 5.88 Å². The molecule has 0 atom stereocenters. The second-order valence-electron chi connectivity index (χ2n) is 8.51.